The van der Waals surface area contributed by atoms with E-state index in [1.165, 1.54) is 19.3 Å². The van der Waals surface area contributed by atoms with Crippen LogP contribution < -0.4 is 10.6 Å². The summed E-state index contributed by atoms with van der Waals surface area (Å²) in [6.45, 7) is 5.25. The summed E-state index contributed by atoms with van der Waals surface area (Å²) in [5.74, 6) is 0.899. The molecule has 2 N–H and O–H groups in total. The van der Waals surface area contributed by atoms with E-state index < -0.39 is 0 Å². The topological polar surface area (TPSA) is 33.3 Å². The molecule has 0 atom stereocenters. The lowest BCUT2D eigenvalue weighted by Crippen LogP contribution is -2.27. The zero-order chi connectivity index (χ0) is 9.36. The molecule has 0 aliphatic carbocycles. The van der Waals surface area contributed by atoms with Crippen LogP contribution in [0.15, 0.2) is 0 Å². The molecule has 0 radical (unpaired) electrons. The highest BCUT2D eigenvalue weighted by molar-refractivity contribution is 4.64. The third-order valence-corrected chi connectivity index (χ3v) is 2.62. The molecule has 0 saturated carbocycles. The molecule has 78 valence electrons. The Morgan fingerprint density at radius 1 is 1.15 bits per heavy atom. The summed E-state index contributed by atoms with van der Waals surface area (Å²) in [5.41, 5.74) is 0. The standard InChI is InChI=1S/C10H22N2O/c1-11-6-7-12-5-2-10-3-8-13-9-4-10/h10-12H,2-9H2,1H3. The van der Waals surface area contributed by atoms with Gasteiger partial charge in [-0.15, -0.1) is 0 Å². The molecule has 0 bridgehead atoms. The van der Waals surface area contributed by atoms with Crippen LogP contribution in [0.3, 0.4) is 0 Å². The Kier molecular flexibility index (Phi) is 6.15. The van der Waals surface area contributed by atoms with Crippen molar-refractivity contribution in [1.82, 2.24) is 10.6 Å². The van der Waals surface area contributed by atoms with Gasteiger partial charge in [-0.1, -0.05) is 0 Å². The number of hydrogen-bond donors (Lipinski definition) is 2. The van der Waals surface area contributed by atoms with Crippen LogP contribution in [0.5, 0.6) is 0 Å². The molecule has 1 aliphatic rings. The van der Waals surface area contributed by atoms with Crippen molar-refractivity contribution in [2.75, 3.05) is 39.9 Å². The average Bonchev–Trinajstić information content (AvgIpc) is 2.19. The van der Waals surface area contributed by atoms with Crippen LogP contribution in [0.25, 0.3) is 0 Å². The lowest BCUT2D eigenvalue weighted by atomic mass is 9.97. The maximum absolute atomic E-state index is 5.31. The van der Waals surface area contributed by atoms with Crippen LogP contribution in [0.2, 0.25) is 0 Å². The van der Waals surface area contributed by atoms with E-state index in [-0.39, 0.29) is 0 Å². The molecule has 0 aromatic carbocycles. The summed E-state index contributed by atoms with van der Waals surface area (Å²) in [5, 5.41) is 6.55. The Labute approximate surface area is 81.2 Å². The fourth-order valence-corrected chi connectivity index (χ4v) is 1.68. The Morgan fingerprint density at radius 2 is 1.92 bits per heavy atom. The molecule has 0 spiro atoms. The molecule has 0 aromatic rings. The Bertz CT molecular complexity index is 113. The van der Waals surface area contributed by atoms with Crippen LogP contribution in [0, 0.1) is 5.92 Å². The van der Waals surface area contributed by atoms with E-state index in [0.29, 0.717) is 0 Å². The Balaban J connectivity index is 1.86. The van der Waals surface area contributed by atoms with Crippen LogP contribution in [0.4, 0.5) is 0 Å². The number of hydrogen-bond acceptors (Lipinski definition) is 3. The second-order valence-electron chi connectivity index (χ2n) is 3.70. The van der Waals surface area contributed by atoms with Gasteiger partial charge in [0.2, 0.25) is 0 Å². The van der Waals surface area contributed by atoms with E-state index >= 15 is 0 Å². The summed E-state index contributed by atoms with van der Waals surface area (Å²) in [6.07, 6.45) is 3.83. The SMILES string of the molecule is CNCCNCCC1CCOCC1. The molecule has 3 nitrogen and oxygen atoms in total. The predicted octanol–water partition coefficient (Wildman–Crippen LogP) is 0.612. The zero-order valence-corrected chi connectivity index (χ0v) is 8.64. The molecule has 0 amide bonds. The van der Waals surface area contributed by atoms with Gasteiger partial charge in [-0.05, 0) is 38.8 Å². The van der Waals surface area contributed by atoms with Gasteiger partial charge in [0.25, 0.3) is 0 Å². The minimum Gasteiger partial charge on any atom is -0.381 e. The van der Waals surface area contributed by atoms with Gasteiger partial charge in [-0.3, -0.25) is 0 Å². The van der Waals surface area contributed by atoms with Crippen molar-refractivity contribution < 1.29 is 4.74 Å². The first-order chi connectivity index (χ1) is 6.43. The second kappa shape index (κ2) is 7.30. The Morgan fingerprint density at radius 3 is 2.62 bits per heavy atom. The van der Waals surface area contributed by atoms with Crippen LogP contribution in [0.1, 0.15) is 19.3 Å². The molecular formula is C10H22N2O. The third kappa shape index (κ3) is 5.24. The summed E-state index contributed by atoms with van der Waals surface area (Å²) in [6, 6.07) is 0. The van der Waals surface area contributed by atoms with Crippen molar-refractivity contribution in [3.63, 3.8) is 0 Å². The monoisotopic (exact) mass is 186 g/mol. The van der Waals surface area contributed by atoms with Gasteiger partial charge in [0, 0.05) is 26.3 Å². The van der Waals surface area contributed by atoms with Crippen molar-refractivity contribution in [2.24, 2.45) is 5.92 Å². The average molecular weight is 186 g/mol. The lowest BCUT2D eigenvalue weighted by molar-refractivity contribution is 0.0640. The van der Waals surface area contributed by atoms with Gasteiger partial charge in [0.1, 0.15) is 0 Å². The normalized spacial score (nSPS) is 19.2. The van der Waals surface area contributed by atoms with Crippen LogP contribution >= 0.6 is 0 Å². The molecule has 0 unspecified atom stereocenters. The summed E-state index contributed by atoms with van der Waals surface area (Å²) in [4.78, 5) is 0. The minimum absolute atomic E-state index is 0.899. The van der Waals surface area contributed by atoms with Gasteiger partial charge in [0.15, 0.2) is 0 Å². The van der Waals surface area contributed by atoms with E-state index in [0.717, 1.165) is 38.8 Å². The molecule has 1 saturated heterocycles. The van der Waals surface area contributed by atoms with Crippen LogP contribution in [-0.2, 0) is 4.74 Å². The van der Waals surface area contributed by atoms with Gasteiger partial charge >= 0.3 is 0 Å². The highest BCUT2D eigenvalue weighted by atomic mass is 16.5. The van der Waals surface area contributed by atoms with Gasteiger partial charge in [-0.25, -0.2) is 0 Å². The van der Waals surface area contributed by atoms with Crippen molar-refractivity contribution in [3.05, 3.63) is 0 Å². The van der Waals surface area contributed by atoms with Crippen molar-refractivity contribution in [1.29, 1.82) is 0 Å². The molecule has 0 aromatic heterocycles. The van der Waals surface area contributed by atoms with Crippen LogP contribution in [-0.4, -0.2) is 39.9 Å². The first kappa shape index (κ1) is 11.0. The second-order valence-corrected chi connectivity index (χ2v) is 3.70. The molecule has 1 heterocycles. The van der Waals surface area contributed by atoms with E-state index in [2.05, 4.69) is 10.6 Å². The fourth-order valence-electron chi connectivity index (χ4n) is 1.68. The van der Waals surface area contributed by atoms with Crippen molar-refractivity contribution in [3.8, 4) is 0 Å². The summed E-state index contributed by atoms with van der Waals surface area (Å²) in [7, 11) is 1.99. The van der Waals surface area contributed by atoms with Gasteiger partial charge < -0.3 is 15.4 Å². The smallest absolute Gasteiger partial charge is 0.0468 e. The molecule has 1 fully saturated rings. The van der Waals surface area contributed by atoms with E-state index in [1.807, 2.05) is 7.05 Å². The van der Waals surface area contributed by atoms with E-state index in [1.54, 1.807) is 0 Å². The largest absolute Gasteiger partial charge is 0.381 e. The number of likely N-dealkylation sites (N-methyl/N-ethyl adjacent to an activating group) is 1. The zero-order valence-electron chi connectivity index (χ0n) is 8.64. The number of nitrogens with one attached hydrogen (secondary N) is 2. The summed E-state index contributed by atoms with van der Waals surface area (Å²) >= 11 is 0. The molecule has 13 heavy (non-hydrogen) atoms. The van der Waals surface area contributed by atoms with Gasteiger partial charge in [-0.2, -0.15) is 0 Å². The number of rotatable bonds is 6. The maximum Gasteiger partial charge on any atom is 0.0468 e. The maximum atomic E-state index is 5.31. The Hall–Kier alpha value is -0.120. The van der Waals surface area contributed by atoms with E-state index in [4.69, 9.17) is 4.74 Å². The van der Waals surface area contributed by atoms with Gasteiger partial charge in [0.05, 0.1) is 0 Å². The van der Waals surface area contributed by atoms with Crippen molar-refractivity contribution >= 4 is 0 Å². The highest BCUT2D eigenvalue weighted by Crippen LogP contribution is 2.17. The molecule has 1 aliphatic heterocycles. The molecule has 1 rings (SSSR count). The first-order valence-electron chi connectivity index (χ1n) is 5.36. The number of ether oxygens (including phenoxy) is 1. The lowest BCUT2D eigenvalue weighted by Gasteiger charge is -2.21. The predicted molar refractivity (Wildman–Crippen MR) is 55.0 cm³/mol. The fraction of sp³-hybridized carbons (Fsp3) is 1.00. The first-order valence-corrected chi connectivity index (χ1v) is 5.36. The molecule has 3 heteroatoms. The summed E-state index contributed by atoms with van der Waals surface area (Å²) < 4.78 is 5.31. The quantitative estimate of drug-likeness (QED) is 0.596. The highest BCUT2D eigenvalue weighted by Gasteiger charge is 2.12. The minimum atomic E-state index is 0.899. The third-order valence-electron chi connectivity index (χ3n) is 2.62. The van der Waals surface area contributed by atoms with Crippen molar-refractivity contribution in [2.45, 2.75) is 19.3 Å². The molecular weight excluding hydrogens is 164 g/mol. The van der Waals surface area contributed by atoms with E-state index in [9.17, 15) is 0 Å².